The third-order valence-electron chi connectivity index (χ3n) is 2.09. The van der Waals surface area contributed by atoms with Gasteiger partial charge in [0, 0.05) is 6.42 Å². The second-order valence-electron chi connectivity index (χ2n) is 3.31. The van der Waals surface area contributed by atoms with Gasteiger partial charge in [0.15, 0.2) is 0 Å². The van der Waals surface area contributed by atoms with E-state index in [1.807, 2.05) is 6.92 Å². The molecular weight excluding hydrogens is 166 g/mol. The Hall–Kier alpha value is -0.570. The molecule has 13 heavy (non-hydrogen) atoms. The maximum absolute atomic E-state index is 11.2. The number of amides is 1. The van der Waals surface area contributed by atoms with E-state index in [4.69, 9.17) is 5.11 Å². The van der Waals surface area contributed by atoms with Gasteiger partial charge in [0.1, 0.15) is 0 Å². The van der Waals surface area contributed by atoms with E-state index >= 15 is 0 Å². The lowest BCUT2D eigenvalue weighted by molar-refractivity contribution is -0.122. The molecule has 0 spiro atoms. The van der Waals surface area contributed by atoms with Gasteiger partial charge in [0.25, 0.3) is 0 Å². The fraction of sp³-hybridized carbons (Fsp3) is 0.900. The predicted octanol–water partition coefficient (Wildman–Crippen LogP) is 1.45. The second-order valence-corrected chi connectivity index (χ2v) is 3.31. The van der Waals surface area contributed by atoms with E-state index in [1.165, 1.54) is 0 Å². The van der Waals surface area contributed by atoms with Gasteiger partial charge in [-0.3, -0.25) is 4.79 Å². The van der Waals surface area contributed by atoms with Crippen molar-refractivity contribution < 1.29 is 9.90 Å². The van der Waals surface area contributed by atoms with Gasteiger partial charge in [0.2, 0.25) is 5.91 Å². The van der Waals surface area contributed by atoms with Crippen LogP contribution in [0.15, 0.2) is 0 Å². The standard InChI is InChI=1S/C10H21NO2/c1-3-5-6-7-10(13)11-9(4-2)8-12/h9,12H,3-8H2,1-2H3,(H,11,13)/t9-/m1/s1. The van der Waals surface area contributed by atoms with Crippen LogP contribution in [0.1, 0.15) is 46.0 Å². The summed E-state index contributed by atoms with van der Waals surface area (Å²) in [6.07, 6.45) is 4.55. The van der Waals surface area contributed by atoms with Gasteiger partial charge in [0.05, 0.1) is 12.6 Å². The van der Waals surface area contributed by atoms with Crippen LogP contribution < -0.4 is 5.32 Å². The minimum atomic E-state index is -0.0610. The average Bonchev–Trinajstić information content (AvgIpc) is 2.14. The SMILES string of the molecule is CCCCCC(=O)N[C@H](CC)CO. The second kappa shape index (κ2) is 8.05. The summed E-state index contributed by atoms with van der Waals surface area (Å²) >= 11 is 0. The summed E-state index contributed by atoms with van der Waals surface area (Å²) in [5, 5.41) is 11.6. The lowest BCUT2D eigenvalue weighted by Gasteiger charge is -2.13. The van der Waals surface area contributed by atoms with Crippen molar-refractivity contribution in [1.82, 2.24) is 5.32 Å². The van der Waals surface area contributed by atoms with E-state index < -0.39 is 0 Å². The largest absolute Gasteiger partial charge is 0.394 e. The lowest BCUT2D eigenvalue weighted by atomic mass is 10.2. The maximum atomic E-state index is 11.2. The molecule has 0 saturated heterocycles. The molecule has 0 saturated carbocycles. The van der Waals surface area contributed by atoms with Crippen molar-refractivity contribution in [1.29, 1.82) is 0 Å². The lowest BCUT2D eigenvalue weighted by Crippen LogP contribution is -2.36. The number of carbonyl (C=O) groups is 1. The molecule has 0 aliphatic carbocycles. The molecule has 0 aliphatic heterocycles. The van der Waals surface area contributed by atoms with Crippen LogP contribution in [0.4, 0.5) is 0 Å². The predicted molar refractivity (Wildman–Crippen MR) is 53.4 cm³/mol. The van der Waals surface area contributed by atoms with Crippen LogP contribution >= 0.6 is 0 Å². The van der Waals surface area contributed by atoms with Gasteiger partial charge in [-0.15, -0.1) is 0 Å². The number of nitrogens with one attached hydrogen (secondary N) is 1. The average molecular weight is 187 g/mol. The summed E-state index contributed by atoms with van der Waals surface area (Å²) in [6, 6.07) is -0.0610. The number of aliphatic hydroxyl groups is 1. The van der Waals surface area contributed by atoms with E-state index in [0.717, 1.165) is 25.7 Å². The molecule has 1 atom stereocenters. The normalized spacial score (nSPS) is 12.5. The van der Waals surface area contributed by atoms with Gasteiger partial charge in [-0.05, 0) is 12.8 Å². The van der Waals surface area contributed by atoms with Crippen molar-refractivity contribution in [2.75, 3.05) is 6.61 Å². The minimum absolute atomic E-state index is 0.0377. The highest BCUT2D eigenvalue weighted by molar-refractivity contribution is 5.76. The molecule has 78 valence electrons. The molecule has 0 aromatic heterocycles. The van der Waals surface area contributed by atoms with Gasteiger partial charge in [-0.2, -0.15) is 0 Å². The summed E-state index contributed by atoms with van der Waals surface area (Å²) in [4.78, 5) is 11.2. The summed E-state index contributed by atoms with van der Waals surface area (Å²) in [6.45, 7) is 4.10. The van der Waals surface area contributed by atoms with Crippen molar-refractivity contribution in [2.24, 2.45) is 0 Å². The zero-order valence-electron chi connectivity index (χ0n) is 8.68. The van der Waals surface area contributed by atoms with Crippen molar-refractivity contribution in [3.8, 4) is 0 Å². The molecule has 0 heterocycles. The number of hydrogen-bond acceptors (Lipinski definition) is 2. The van der Waals surface area contributed by atoms with Crippen LogP contribution in [0.3, 0.4) is 0 Å². The van der Waals surface area contributed by atoms with Gasteiger partial charge in [-0.25, -0.2) is 0 Å². The molecule has 0 aromatic carbocycles. The first-order valence-electron chi connectivity index (χ1n) is 5.14. The summed E-state index contributed by atoms with van der Waals surface area (Å²) in [7, 11) is 0. The number of unbranched alkanes of at least 4 members (excludes halogenated alkanes) is 2. The van der Waals surface area contributed by atoms with E-state index in [1.54, 1.807) is 0 Å². The van der Waals surface area contributed by atoms with E-state index in [2.05, 4.69) is 12.2 Å². The highest BCUT2D eigenvalue weighted by Gasteiger charge is 2.07. The zero-order valence-corrected chi connectivity index (χ0v) is 8.68. The number of hydrogen-bond donors (Lipinski definition) is 2. The molecule has 2 N–H and O–H groups in total. The number of rotatable bonds is 7. The molecule has 3 heteroatoms. The highest BCUT2D eigenvalue weighted by atomic mass is 16.3. The number of carbonyl (C=O) groups excluding carboxylic acids is 1. The molecule has 0 unspecified atom stereocenters. The zero-order chi connectivity index (χ0) is 10.1. The van der Waals surface area contributed by atoms with Crippen molar-refractivity contribution in [3.05, 3.63) is 0 Å². The molecule has 0 aromatic rings. The Morgan fingerprint density at radius 2 is 2.08 bits per heavy atom. The fourth-order valence-electron chi connectivity index (χ4n) is 1.11. The Bertz CT molecular complexity index is 133. The van der Waals surface area contributed by atoms with Gasteiger partial charge < -0.3 is 10.4 Å². The molecular formula is C10H21NO2. The number of aliphatic hydroxyl groups excluding tert-OH is 1. The van der Waals surface area contributed by atoms with E-state index in [9.17, 15) is 4.79 Å². The van der Waals surface area contributed by atoms with E-state index in [0.29, 0.717) is 6.42 Å². The third kappa shape index (κ3) is 6.58. The Morgan fingerprint density at radius 1 is 1.38 bits per heavy atom. The van der Waals surface area contributed by atoms with Crippen molar-refractivity contribution in [3.63, 3.8) is 0 Å². The fourth-order valence-corrected chi connectivity index (χ4v) is 1.11. The molecule has 3 nitrogen and oxygen atoms in total. The first-order valence-corrected chi connectivity index (χ1v) is 5.14. The molecule has 0 fully saturated rings. The Balaban J connectivity index is 3.48. The quantitative estimate of drug-likeness (QED) is 0.593. The third-order valence-corrected chi connectivity index (χ3v) is 2.09. The van der Waals surface area contributed by atoms with Gasteiger partial charge >= 0.3 is 0 Å². The van der Waals surface area contributed by atoms with Crippen LogP contribution in [-0.2, 0) is 4.79 Å². The van der Waals surface area contributed by atoms with Crippen LogP contribution in [0.2, 0.25) is 0 Å². The van der Waals surface area contributed by atoms with Crippen molar-refractivity contribution >= 4 is 5.91 Å². The highest BCUT2D eigenvalue weighted by Crippen LogP contribution is 1.99. The molecule has 0 radical (unpaired) electrons. The molecule has 0 rings (SSSR count). The van der Waals surface area contributed by atoms with E-state index in [-0.39, 0.29) is 18.6 Å². The Labute approximate surface area is 80.5 Å². The van der Waals surface area contributed by atoms with Gasteiger partial charge in [-0.1, -0.05) is 26.7 Å². The first kappa shape index (κ1) is 12.4. The van der Waals surface area contributed by atoms with Crippen LogP contribution in [0, 0.1) is 0 Å². The first-order chi connectivity index (χ1) is 6.24. The summed E-state index contributed by atoms with van der Waals surface area (Å²) < 4.78 is 0. The maximum Gasteiger partial charge on any atom is 0.220 e. The molecule has 0 bridgehead atoms. The summed E-state index contributed by atoms with van der Waals surface area (Å²) in [5.74, 6) is 0.0642. The van der Waals surface area contributed by atoms with Crippen LogP contribution in [0.25, 0.3) is 0 Å². The Kier molecular flexibility index (Phi) is 7.69. The smallest absolute Gasteiger partial charge is 0.220 e. The minimum Gasteiger partial charge on any atom is -0.394 e. The molecule has 0 aliphatic rings. The summed E-state index contributed by atoms with van der Waals surface area (Å²) in [5.41, 5.74) is 0. The van der Waals surface area contributed by atoms with Crippen LogP contribution in [-0.4, -0.2) is 23.7 Å². The topological polar surface area (TPSA) is 49.3 Å². The van der Waals surface area contributed by atoms with Crippen LogP contribution in [0.5, 0.6) is 0 Å². The monoisotopic (exact) mass is 187 g/mol. The Morgan fingerprint density at radius 3 is 2.54 bits per heavy atom. The van der Waals surface area contributed by atoms with Crippen molar-refractivity contribution in [2.45, 2.75) is 52.0 Å². The molecule has 1 amide bonds.